The number of phenols is 1. The van der Waals surface area contributed by atoms with Crippen LogP contribution in [0.2, 0.25) is 0 Å². The van der Waals surface area contributed by atoms with Gasteiger partial charge < -0.3 is 30.2 Å². The van der Waals surface area contributed by atoms with Crippen molar-refractivity contribution in [2.75, 3.05) is 19.4 Å². The van der Waals surface area contributed by atoms with Gasteiger partial charge in [-0.1, -0.05) is 25.8 Å². The number of aliphatic hydroxyl groups excluding tert-OH is 1. The van der Waals surface area contributed by atoms with Gasteiger partial charge in [0, 0.05) is 14.1 Å². The lowest BCUT2D eigenvalue weighted by molar-refractivity contribution is -0.125. The molecule has 1 aromatic heterocycles. The highest BCUT2D eigenvalue weighted by Gasteiger charge is 2.40. The predicted molar refractivity (Wildman–Crippen MR) is 124 cm³/mol. The van der Waals surface area contributed by atoms with E-state index in [1.54, 1.807) is 26.2 Å². The number of benzene rings is 1. The van der Waals surface area contributed by atoms with E-state index in [2.05, 4.69) is 16.7 Å². The van der Waals surface area contributed by atoms with Crippen LogP contribution < -0.4 is 10.6 Å². The van der Waals surface area contributed by atoms with Crippen molar-refractivity contribution >= 4 is 17.4 Å². The van der Waals surface area contributed by atoms with Gasteiger partial charge in [-0.3, -0.25) is 9.59 Å². The Kier molecular flexibility index (Phi) is 6.47. The molecular formula is C25H31N3O5. The Hall–Kier alpha value is -3.26. The number of phenolic OH excluding ortho intramolecular Hbond substituents is 1. The largest absolute Gasteiger partial charge is 0.505 e. The summed E-state index contributed by atoms with van der Waals surface area (Å²) >= 11 is 0. The van der Waals surface area contributed by atoms with Gasteiger partial charge in [-0.25, -0.2) is 0 Å². The Bertz CT molecular complexity index is 1080. The maximum atomic E-state index is 12.4. The summed E-state index contributed by atoms with van der Waals surface area (Å²) in [5.74, 6) is 0.258. The number of furan rings is 1. The van der Waals surface area contributed by atoms with Crippen LogP contribution in [0.25, 0.3) is 0 Å². The summed E-state index contributed by atoms with van der Waals surface area (Å²) in [6.45, 7) is 1.99. The molecule has 1 saturated carbocycles. The van der Waals surface area contributed by atoms with Gasteiger partial charge in [-0.2, -0.15) is 0 Å². The summed E-state index contributed by atoms with van der Waals surface area (Å²) in [7, 11) is 3.19. The molecule has 4 N–H and O–H groups in total. The number of carbonyl (C=O) groups excluding carboxylic acids is 2. The molecule has 4 rings (SSSR count). The van der Waals surface area contributed by atoms with Crippen molar-refractivity contribution in [2.24, 2.45) is 0 Å². The summed E-state index contributed by atoms with van der Waals surface area (Å²) in [5.41, 5.74) is 2.06. The highest BCUT2D eigenvalue weighted by Crippen LogP contribution is 2.37. The van der Waals surface area contributed by atoms with Crippen molar-refractivity contribution in [1.82, 2.24) is 10.2 Å². The number of hydrogen-bond donors (Lipinski definition) is 4. The number of Topliss-reactive ketones (excluding diaryl/α,β-unsaturated/α-hetero) is 1. The van der Waals surface area contributed by atoms with Crippen molar-refractivity contribution in [3.63, 3.8) is 0 Å². The number of aromatic hydroxyl groups is 1. The minimum absolute atomic E-state index is 0.127. The Balaban J connectivity index is 1.56. The predicted octanol–water partition coefficient (Wildman–Crippen LogP) is 3.65. The molecule has 0 bridgehead atoms. The number of para-hydroxylation sites is 1. The maximum Gasteiger partial charge on any atom is 0.257 e. The van der Waals surface area contributed by atoms with E-state index in [0.29, 0.717) is 12.3 Å². The quantitative estimate of drug-likeness (QED) is 0.451. The van der Waals surface area contributed by atoms with Gasteiger partial charge in [-0.05, 0) is 48.9 Å². The lowest BCUT2D eigenvalue weighted by atomic mass is 9.93. The van der Waals surface area contributed by atoms with Crippen LogP contribution in [0.15, 0.2) is 46.3 Å². The van der Waals surface area contributed by atoms with Gasteiger partial charge in [0.15, 0.2) is 11.9 Å². The molecule has 0 aliphatic heterocycles. The van der Waals surface area contributed by atoms with Gasteiger partial charge in [0.25, 0.3) is 5.91 Å². The molecule has 0 spiro atoms. The normalized spacial score (nSPS) is 19.4. The molecule has 2 aromatic rings. The molecule has 1 aromatic carbocycles. The van der Waals surface area contributed by atoms with Crippen molar-refractivity contribution in [3.05, 3.63) is 58.8 Å². The highest BCUT2D eigenvalue weighted by molar-refractivity contribution is 6.09. The number of carbonyl (C=O) groups is 2. The summed E-state index contributed by atoms with van der Waals surface area (Å²) < 4.78 is 5.84. The third-order valence-electron chi connectivity index (χ3n) is 6.52. The molecule has 1 fully saturated rings. The van der Waals surface area contributed by atoms with Gasteiger partial charge >= 0.3 is 0 Å². The number of nitrogens with zero attached hydrogens (tertiary/aromatic N) is 1. The first-order valence-electron chi connectivity index (χ1n) is 11.4. The lowest BCUT2D eigenvalue weighted by Gasteiger charge is -2.32. The zero-order valence-corrected chi connectivity index (χ0v) is 19.2. The molecule has 2 atom stereocenters. The second-order valence-corrected chi connectivity index (χ2v) is 8.95. The molecule has 8 heteroatoms. The van der Waals surface area contributed by atoms with Crippen molar-refractivity contribution < 1.29 is 24.2 Å². The Morgan fingerprint density at radius 1 is 1.27 bits per heavy atom. The molecule has 1 unspecified atom stereocenters. The minimum Gasteiger partial charge on any atom is -0.505 e. The van der Waals surface area contributed by atoms with E-state index in [1.807, 2.05) is 13.2 Å². The third kappa shape index (κ3) is 4.35. The molecule has 176 valence electrons. The summed E-state index contributed by atoms with van der Waals surface area (Å²) in [5, 5.41) is 27.0. The van der Waals surface area contributed by atoms with Crippen LogP contribution >= 0.6 is 0 Å². The van der Waals surface area contributed by atoms with Crippen LogP contribution in [0.4, 0.5) is 5.69 Å². The van der Waals surface area contributed by atoms with E-state index in [-0.39, 0.29) is 40.3 Å². The smallest absolute Gasteiger partial charge is 0.257 e. The van der Waals surface area contributed by atoms with Gasteiger partial charge in [-0.15, -0.1) is 0 Å². The second-order valence-electron chi connectivity index (χ2n) is 8.95. The second kappa shape index (κ2) is 9.31. The van der Waals surface area contributed by atoms with Crippen molar-refractivity contribution in [2.45, 2.75) is 57.1 Å². The number of anilines is 1. The zero-order chi connectivity index (χ0) is 23.7. The average Bonchev–Trinajstić information content (AvgIpc) is 3.51. The van der Waals surface area contributed by atoms with E-state index in [9.17, 15) is 19.8 Å². The summed E-state index contributed by atoms with van der Waals surface area (Å²) in [4.78, 5) is 26.1. The molecule has 0 radical (unpaired) electrons. The molecular weight excluding hydrogens is 422 g/mol. The number of hydrogen-bond acceptors (Lipinski definition) is 7. The molecule has 2 aliphatic carbocycles. The van der Waals surface area contributed by atoms with Crippen LogP contribution in [0.3, 0.4) is 0 Å². The Morgan fingerprint density at radius 2 is 2.00 bits per heavy atom. The molecule has 1 amide bonds. The topological polar surface area (TPSA) is 115 Å². The lowest BCUT2D eigenvalue weighted by Crippen LogP contribution is -2.46. The fraction of sp³-hybridized carbons (Fsp3) is 0.440. The number of aliphatic hydroxyl groups is 1. The minimum atomic E-state index is -1.33. The molecule has 8 nitrogen and oxygen atoms in total. The standard InChI is InChI=1S/C25H31N3O5/c1-4-17(19-12-15(13-33-19)14-8-5-6-9-14)26-20-21(24(31)23(20)30)27-18-11-7-10-16(22(18)29)25(32)28(2)3/h7,10-14,17,24,26-27,29,31H,4-6,8-9H2,1-3H3/t17-,24?/m1/s1. The molecule has 33 heavy (non-hydrogen) atoms. The van der Waals surface area contributed by atoms with Crippen LogP contribution in [-0.2, 0) is 4.79 Å². The van der Waals surface area contributed by atoms with E-state index in [1.165, 1.54) is 42.2 Å². The first-order chi connectivity index (χ1) is 15.8. The number of ketones is 1. The van der Waals surface area contributed by atoms with E-state index < -0.39 is 11.9 Å². The van der Waals surface area contributed by atoms with Crippen molar-refractivity contribution in [3.8, 4) is 5.75 Å². The number of rotatable bonds is 8. The first kappa shape index (κ1) is 22.9. The monoisotopic (exact) mass is 453 g/mol. The van der Waals surface area contributed by atoms with Gasteiger partial charge in [0.1, 0.15) is 11.5 Å². The zero-order valence-electron chi connectivity index (χ0n) is 19.2. The number of nitrogens with one attached hydrogen (secondary N) is 2. The fourth-order valence-corrected chi connectivity index (χ4v) is 4.52. The third-order valence-corrected chi connectivity index (χ3v) is 6.52. The van der Waals surface area contributed by atoms with Crippen LogP contribution in [-0.4, -0.2) is 47.0 Å². The van der Waals surface area contributed by atoms with Crippen molar-refractivity contribution in [1.29, 1.82) is 0 Å². The highest BCUT2D eigenvalue weighted by atomic mass is 16.3. The summed E-state index contributed by atoms with van der Waals surface area (Å²) in [6, 6.07) is 6.55. The fourth-order valence-electron chi connectivity index (χ4n) is 4.52. The van der Waals surface area contributed by atoms with Crippen LogP contribution in [0.5, 0.6) is 5.75 Å². The van der Waals surface area contributed by atoms with E-state index >= 15 is 0 Å². The Labute approximate surface area is 193 Å². The molecule has 2 aliphatic rings. The Morgan fingerprint density at radius 3 is 2.67 bits per heavy atom. The van der Waals surface area contributed by atoms with Crippen LogP contribution in [0, 0.1) is 0 Å². The molecule has 0 saturated heterocycles. The van der Waals surface area contributed by atoms with Crippen LogP contribution in [0.1, 0.15) is 72.7 Å². The maximum absolute atomic E-state index is 12.4. The van der Waals surface area contributed by atoms with Gasteiger partial charge in [0.2, 0.25) is 5.78 Å². The summed E-state index contributed by atoms with van der Waals surface area (Å²) in [6.07, 6.45) is 5.98. The van der Waals surface area contributed by atoms with E-state index in [0.717, 1.165) is 5.76 Å². The average molecular weight is 454 g/mol. The first-order valence-corrected chi connectivity index (χ1v) is 11.4. The van der Waals surface area contributed by atoms with Gasteiger partial charge in [0.05, 0.1) is 29.3 Å². The molecule has 1 heterocycles. The number of amides is 1. The van der Waals surface area contributed by atoms with E-state index in [4.69, 9.17) is 4.42 Å². The SMILES string of the molecule is CC[C@@H](NC1=C(Nc2cccc(C(=O)N(C)C)c2O)C(O)C1=O)c1cc(C2CCCC2)co1.